The van der Waals surface area contributed by atoms with Gasteiger partial charge in [0.25, 0.3) is 0 Å². The third-order valence-corrected chi connectivity index (χ3v) is 2.74. The Morgan fingerprint density at radius 3 is 2.61 bits per heavy atom. The number of carbonyl (C=O) groups is 2. The number of hydrogen-bond donors (Lipinski definition) is 2. The minimum Gasteiger partial charge on any atom is -0.478 e. The first kappa shape index (κ1) is 14.5. The molecule has 0 radical (unpaired) electrons. The van der Waals surface area contributed by atoms with Gasteiger partial charge in [-0.1, -0.05) is 29.3 Å². The molecule has 0 fully saturated rings. The summed E-state index contributed by atoms with van der Waals surface area (Å²) < 4.78 is 0. The molecule has 0 aromatic heterocycles. The molecular formula is C12H11Cl2NO3. The zero-order valence-electron chi connectivity index (χ0n) is 9.54. The quantitative estimate of drug-likeness (QED) is 0.837. The maximum absolute atomic E-state index is 11.4. The van der Waals surface area contributed by atoms with E-state index in [1.54, 1.807) is 18.2 Å². The lowest BCUT2D eigenvalue weighted by Crippen LogP contribution is -2.21. The van der Waals surface area contributed by atoms with Gasteiger partial charge < -0.3 is 10.4 Å². The molecule has 18 heavy (non-hydrogen) atoms. The highest BCUT2D eigenvalue weighted by molar-refractivity contribution is 6.35. The molecule has 1 rings (SSSR count). The van der Waals surface area contributed by atoms with Gasteiger partial charge in [-0.3, -0.25) is 4.79 Å². The number of carboxylic acid groups (broad SMARTS) is 1. The Balaban J connectivity index is 2.63. The summed E-state index contributed by atoms with van der Waals surface area (Å²) >= 11 is 11.7. The number of amides is 1. The van der Waals surface area contributed by atoms with Crippen LogP contribution in [0.2, 0.25) is 10.0 Å². The highest BCUT2D eigenvalue weighted by atomic mass is 35.5. The number of halogens is 2. The molecule has 2 N–H and O–H groups in total. The Labute approximate surface area is 114 Å². The molecule has 0 aliphatic rings. The molecule has 0 saturated carbocycles. The minimum absolute atomic E-state index is 0.0327. The maximum Gasteiger partial charge on any atom is 0.331 e. The molecule has 96 valence electrons. The first-order valence-electron chi connectivity index (χ1n) is 5.03. The van der Waals surface area contributed by atoms with E-state index < -0.39 is 11.9 Å². The van der Waals surface area contributed by atoms with Gasteiger partial charge in [0, 0.05) is 28.2 Å². The van der Waals surface area contributed by atoms with E-state index in [4.69, 9.17) is 28.3 Å². The highest BCUT2D eigenvalue weighted by Gasteiger charge is 2.05. The molecule has 0 heterocycles. The summed E-state index contributed by atoms with van der Waals surface area (Å²) in [4.78, 5) is 21.9. The van der Waals surface area contributed by atoms with Crippen molar-refractivity contribution in [3.8, 4) is 0 Å². The minimum atomic E-state index is -1.13. The molecule has 0 spiro atoms. The molecule has 4 nitrogen and oxygen atoms in total. The van der Waals surface area contributed by atoms with Crippen molar-refractivity contribution in [1.29, 1.82) is 0 Å². The first-order valence-corrected chi connectivity index (χ1v) is 5.79. The van der Waals surface area contributed by atoms with Crippen LogP contribution in [-0.2, 0) is 16.1 Å². The van der Waals surface area contributed by atoms with Crippen LogP contribution < -0.4 is 5.32 Å². The summed E-state index contributed by atoms with van der Waals surface area (Å²) in [6.07, 6.45) is 1.02. The fourth-order valence-electron chi connectivity index (χ4n) is 1.16. The second-order valence-corrected chi connectivity index (χ2v) is 4.43. The molecular weight excluding hydrogens is 277 g/mol. The summed E-state index contributed by atoms with van der Waals surface area (Å²) in [5, 5.41) is 12.1. The fourth-order valence-corrected chi connectivity index (χ4v) is 1.63. The van der Waals surface area contributed by atoms with Gasteiger partial charge in [0.05, 0.1) is 0 Å². The predicted molar refractivity (Wildman–Crippen MR) is 69.7 cm³/mol. The molecule has 0 bridgehead atoms. The van der Waals surface area contributed by atoms with Crippen LogP contribution in [0.1, 0.15) is 12.5 Å². The van der Waals surface area contributed by atoms with E-state index in [9.17, 15) is 9.59 Å². The molecule has 0 unspecified atom stereocenters. The lowest BCUT2D eigenvalue weighted by atomic mass is 10.2. The fraction of sp³-hybridized carbons (Fsp3) is 0.167. The van der Waals surface area contributed by atoms with Crippen LogP contribution in [0.3, 0.4) is 0 Å². The van der Waals surface area contributed by atoms with Gasteiger partial charge in [-0.25, -0.2) is 4.79 Å². The highest BCUT2D eigenvalue weighted by Crippen LogP contribution is 2.20. The van der Waals surface area contributed by atoms with Gasteiger partial charge in [0.1, 0.15) is 0 Å². The van der Waals surface area contributed by atoms with E-state index in [0.29, 0.717) is 15.6 Å². The van der Waals surface area contributed by atoms with E-state index in [0.717, 1.165) is 6.08 Å². The van der Waals surface area contributed by atoms with Crippen LogP contribution in [0.5, 0.6) is 0 Å². The summed E-state index contributed by atoms with van der Waals surface area (Å²) in [5.41, 5.74) is 0.672. The number of benzene rings is 1. The number of rotatable bonds is 4. The number of carboxylic acids is 1. The monoisotopic (exact) mass is 287 g/mol. The summed E-state index contributed by atoms with van der Waals surface area (Å²) in [7, 11) is 0. The Kier molecular flexibility index (Phi) is 5.19. The zero-order valence-corrected chi connectivity index (χ0v) is 11.0. The molecule has 0 atom stereocenters. The third-order valence-electron chi connectivity index (χ3n) is 2.15. The molecule has 1 amide bonds. The van der Waals surface area contributed by atoms with Gasteiger partial charge in [-0.2, -0.15) is 0 Å². The number of aliphatic carboxylic acids is 1. The van der Waals surface area contributed by atoms with E-state index in [-0.39, 0.29) is 12.1 Å². The van der Waals surface area contributed by atoms with Crippen molar-refractivity contribution in [3.63, 3.8) is 0 Å². The molecule has 1 aromatic rings. The number of hydrogen-bond acceptors (Lipinski definition) is 2. The summed E-state index contributed by atoms with van der Waals surface area (Å²) in [6.45, 7) is 1.55. The van der Waals surface area contributed by atoms with Crippen LogP contribution in [0.4, 0.5) is 0 Å². The largest absolute Gasteiger partial charge is 0.478 e. The van der Waals surface area contributed by atoms with Crippen LogP contribution in [-0.4, -0.2) is 17.0 Å². The molecule has 0 saturated heterocycles. The zero-order chi connectivity index (χ0) is 13.7. The van der Waals surface area contributed by atoms with Crippen molar-refractivity contribution in [1.82, 2.24) is 5.32 Å². The van der Waals surface area contributed by atoms with Crippen molar-refractivity contribution in [2.75, 3.05) is 0 Å². The normalized spacial score (nSPS) is 11.2. The van der Waals surface area contributed by atoms with Crippen LogP contribution >= 0.6 is 23.2 Å². The summed E-state index contributed by atoms with van der Waals surface area (Å²) in [6, 6.07) is 4.93. The average Bonchev–Trinajstić information content (AvgIpc) is 2.27. The van der Waals surface area contributed by atoms with Crippen molar-refractivity contribution >= 4 is 35.1 Å². The van der Waals surface area contributed by atoms with Crippen molar-refractivity contribution < 1.29 is 14.7 Å². The standard InChI is InChI=1S/C12H11Cl2NO3/c1-7(12(17)18)4-11(16)15-6-8-2-3-9(13)5-10(8)14/h2-5H,6H2,1H3,(H,15,16)(H,17,18)/b7-4+. The summed E-state index contributed by atoms with van der Waals surface area (Å²) in [5.74, 6) is -1.62. The van der Waals surface area contributed by atoms with Crippen LogP contribution in [0.25, 0.3) is 0 Å². The van der Waals surface area contributed by atoms with E-state index >= 15 is 0 Å². The lowest BCUT2D eigenvalue weighted by Gasteiger charge is -2.05. The van der Waals surface area contributed by atoms with Crippen LogP contribution in [0.15, 0.2) is 29.8 Å². The van der Waals surface area contributed by atoms with Crippen molar-refractivity contribution in [3.05, 3.63) is 45.5 Å². The average molecular weight is 288 g/mol. The van der Waals surface area contributed by atoms with E-state index in [1.807, 2.05) is 0 Å². The van der Waals surface area contributed by atoms with Gasteiger partial charge in [0.15, 0.2) is 0 Å². The second kappa shape index (κ2) is 6.42. The van der Waals surface area contributed by atoms with Gasteiger partial charge >= 0.3 is 5.97 Å². The Morgan fingerprint density at radius 2 is 2.06 bits per heavy atom. The number of carbonyl (C=O) groups excluding carboxylic acids is 1. The third kappa shape index (κ3) is 4.39. The number of nitrogens with one attached hydrogen (secondary N) is 1. The van der Waals surface area contributed by atoms with Crippen molar-refractivity contribution in [2.24, 2.45) is 0 Å². The van der Waals surface area contributed by atoms with E-state index in [2.05, 4.69) is 5.32 Å². The Bertz CT molecular complexity index is 512. The van der Waals surface area contributed by atoms with Gasteiger partial charge in [-0.15, -0.1) is 0 Å². The smallest absolute Gasteiger partial charge is 0.331 e. The first-order chi connectivity index (χ1) is 8.40. The lowest BCUT2D eigenvalue weighted by molar-refractivity contribution is -0.133. The molecule has 0 aliphatic heterocycles. The predicted octanol–water partition coefficient (Wildman–Crippen LogP) is 2.64. The topological polar surface area (TPSA) is 66.4 Å². The Morgan fingerprint density at radius 1 is 1.39 bits per heavy atom. The van der Waals surface area contributed by atoms with Crippen LogP contribution in [0, 0.1) is 0 Å². The van der Waals surface area contributed by atoms with Gasteiger partial charge in [0.2, 0.25) is 5.91 Å². The SMILES string of the molecule is C/C(=C\C(=O)NCc1ccc(Cl)cc1Cl)C(=O)O. The molecule has 1 aromatic carbocycles. The van der Waals surface area contributed by atoms with E-state index in [1.165, 1.54) is 6.92 Å². The molecule has 0 aliphatic carbocycles. The van der Waals surface area contributed by atoms with Crippen molar-refractivity contribution in [2.45, 2.75) is 13.5 Å². The van der Waals surface area contributed by atoms with Gasteiger partial charge in [-0.05, 0) is 24.6 Å². The Hall–Kier alpha value is -1.52. The maximum atomic E-state index is 11.4. The second-order valence-electron chi connectivity index (χ2n) is 3.59. The molecule has 6 heteroatoms.